The lowest BCUT2D eigenvalue weighted by atomic mass is 9.84. The Labute approximate surface area is 144 Å². The van der Waals surface area contributed by atoms with Gasteiger partial charge in [-0.3, -0.25) is 9.69 Å². The monoisotopic (exact) mass is 331 g/mol. The molecule has 1 saturated heterocycles. The van der Waals surface area contributed by atoms with Crippen molar-refractivity contribution in [3.8, 4) is 5.75 Å². The normalized spacial score (nSPS) is 27.2. The smallest absolute Gasteiger partial charge is 0.320 e. The number of rotatable bonds is 6. The van der Waals surface area contributed by atoms with E-state index < -0.39 is 5.97 Å². The molecule has 0 spiro atoms. The Morgan fingerprint density at radius 3 is 2.62 bits per heavy atom. The van der Waals surface area contributed by atoms with Crippen LogP contribution in [0.5, 0.6) is 5.75 Å². The molecule has 4 nitrogen and oxygen atoms in total. The fourth-order valence-corrected chi connectivity index (χ4v) is 4.19. The maximum atomic E-state index is 11.7. The Hall–Kier alpha value is -1.55. The minimum absolute atomic E-state index is 0.324. The first-order valence-electron chi connectivity index (χ1n) is 9.25. The van der Waals surface area contributed by atoms with Gasteiger partial charge in [-0.15, -0.1) is 0 Å². The lowest BCUT2D eigenvalue weighted by Crippen LogP contribution is -2.41. The predicted octanol–water partition coefficient (Wildman–Crippen LogP) is 3.94. The third kappa shape index (κ3) is 3.92. The Balaban J connectivity index is 1.67. The molecule has 1 aliphatic carbocycles. The van der Waals surface area contributed by atoms with Crippen molar-refractivity contribution in [2.45, 2.75) is 64.6 Å². The Kier molecular flexibility index (Phi) is 5.44. The van der Waals surface area contributed by atoms with Crippen molar-refractivity contribution in [1.29, 1.82) is 0 Å². The van der Waals surface area contributed by atoms with Gasteiger partial charge < -0.3 is 9.84 Å². The fourth-order valence-electron chi connectivity index (χ4n) is 4.19. The molecule has 1 heterocycles. The van der Waals surface area contributed by atoms with Crippen LogP contribution in [-0.2, 0) is 11.3 Å². The van der Waals surface area contributed by atoms with Crippen LogP contribution >= 0.6 is 0 Å². The van der Waals surface area contributed by atoms with Crippen LogP contribution in [0.25, 0.3) is 0 Å². The van der Waals surface area contributed by atoms with E-state index in [4.69, 9.17) is 4.74 Å². The van der Waals surface area contributed by atoms with E-state index >= 15 is 0 Å². The van der Waals surface area contributed by atoms with E-state index in [9.17, 15) is 9.90 Å². The van der Waals surface area contributed by atoms with E-state index in [0.717, 1.165) is 31.7 Å². The minimum atomic E-state index is -0.665. The molecule has 1 aliphatic heterocycles. The van der Waals surface area contributed by atoms with Crippen molar-refractivity contribution in [1.82, 2.24) is 4.90 Å². The van der Waals surface area contributed by atoms with Crippen LogP contribution in [0, 0.1) is 11.8 Å². The number of nitrogens with zero attached hydrogens (tertiary/aromatic N) is 1. The summed E-state index contributed by atoms with van der Waals surface area (Å²) in [7, 11) is 0. The molecule has 0 bridgehead atoms. The van der Waals surface area contributed by atoms with E-state index in [1.54, 1.807) is 0 Å². The van der Waals surface area contributed by atoms with Crippen LogP contribution in [0.15, 0.2) is 24.3 Å². The number of carbonyl (C=O) groups is 1. The second-order valence-electron chi connectivity index (χ2n) is 7.72. The highest BCUT2D eigenvalue weighted by Gasteiger charge is 2.44. The molecule has 0 amide bonds. The summed E-state index contributed by atoms with van der Waals surface area (Å²) >= 11 is 0. The van der Waals surface area contributed by atoms with Gasteiger partial charge in [0.15, 0.2) is 0 Å². The van der Waals surface area contributed by atoms with Gasteiger partial charge in [0, 0.05) is 12.6 Å². The lowest BCUT2D eigenvalue weighted by Gasteiger charge is -2.33. The van der Waals surface area contributed by atoms with Gasteiger partial charge in [0.05, 0.1) is 6.61 Å². The Morgan fingerprint density at radius 2 is 1.96 bits per heavy atom. The van der Waals surface area contributed by atoms with Gasteiger partial charge in [0.1, 0.15) is 11.8 Å². The van der Waals surface area contributed by atoms with Crippen LogP contribution < -0.4 is 4.74 Å². The third-order valence-corrected chi connectivity index (χ3v) is 5.38. The van der Waals surface area contributed by atoms with Crippen molar-refractivity contribution < 1.29 is 14.6 Å². The van der Waals surface area contributed by atoms with E-state index in [-0.39, 0.29) is 6.04 Å². The molecule has 2 fully saturated rings. The molecular weight excluding hydrogens is 302 g/mol. The second kappa shape index (κ2) is 7.56. The number of ether oxygens (including phenoxy) is 1. The van der Waals surface area contributed by atoms with Crippen LogP contribution in [-0.4, -0.2) is 34.7 Å². The van der Waals surface area contributed by atoms with Gasteiger partial charge in [-0.2, -0.15) is 0 Å². The average molecular weight is 331 g/mol. The quantitative estimate of drug-likeness (QED) is 0.858. The zero-order chi connectivity index (χ0) is 17.1. The topological polar surface area (TPSA) is 49.8 Å². The van der Waals surface area contributed by atoms with E-state index in [1.807, 2.05) is 12.1 Å². The number of hydrogen-bond donors (Lipinski definition) is 1. The second-order valence-corrected chi connectivity index (χ2v) is 7.72. The summed E-state index contributed by atoms with van der Waals surface area (Å²) in [4.78, 5) is 13.9. The van der Waals surface area contributed by atoms with E-state index in [0.29, 0.717) is 17.9 Å². The summed E-state index contributed by atoms with van der Waals surface area (Å²) in [6.07, 6.45) is 5.63. The lowest BCUT2D eigenvalue weighted by molar-refractivity contribution is -0.142. The Bertz CT molecular complexity index is 555. The summed E-state index contributed by atoms with van der Waals surface area (Å²) in [6.45, 7) is 5.71. The summed E-state index contributed by atoms with van der Waals surface area (Å²) in [6, 6.07) is 8.27. The largest absolute Gasteiger partial charge is 0.493 e. The third-order valence-electron chi connectivity index (χ3n) is 5.38. The zero-order valence-electron chi connectivity index (χ0n) is 14.8. The maximum Gasteiger partial charge on any atom is 0.320 e. The SMILES string of the molecule is CC(C)COc1ccc(CN2C(C(=O)O)CC3CCCCC32)cc1. The summed E-state index contributed by atoms with van der Waals surface area (Å²) in [5, 5.41) is 9.61. The summed E-state index contributed by atoms with van der Waals surface area (Å²) in [5.74, 6) is 1.29. The molecule has 1 saturated carbocycles. The molecule has 0 aromatic heterocycles. The van der Waals surface area contributed by atoms with Crippen molar-refractivity contribution >= 4 is 5.97 Å². The van der Waals surface area contributed by atoms with Gasteiger partial charge >= 0.3 is 5.97 Å². The first-order chi connectivity index (χ1) is 11.5. The van der Waals surface area contributed by atoms with Crippen molar-refractivity contribution in [2.24, 2.45) is 11.8 Å². The molecule has 1 aromatic carbocycles. The summed E-state index contributed by atoms with van der Waals surface area (Å²) < 4.78 is 5.73. The number of likely N-dealkylation sites (tertiary alicyclic amines) is 1. The molecule has 3 atom stereocenters. The molecule has 2 aliphatic rings. The van der Waals surface area contributed by atoms with Crippen molar-refractivity contribution in [3.63, 3.8) is 0 Å². The van der Waals surface area contributed by atoms with Gasteiger partial charge in [0.25, 0.3) is 0 Å². The molecule has 4 heteroatoms. The molecule has 132 valence electrons. The number of carboxylic acid groups (broad SMARTS) is 1. The van der Waals surface area contributed by atoms with Gasteiger partial charge in [-0.25, -0.2) is 0 Å². The highest BCUT2D eigenvalue weighted by atomic mass is 16.5. The fraction of sp³-hybridized carbons (Fsp3) is 0.650. The predicted molar refractivity (Wildman–Crippen MR) is 94.1 cm³/mol. The van der Waals surface area contributed by atoms with Gasteiger partial charge in [-0.1, -0.05) is 38.8 Å². The first-order valence-corrected chi connectivity index (χ1v) is 9.25. The molecule has 24 heavy (non-hydrogen) atoms. The van der Waals surface area contributed by atoms with E-state index in [2.05, 4.69) is 30.9 Å². The number of fused-ring (bicyclic) bond motifs is 1. The number of benzene rings is 1. The molecule has 3 rings (SSSR count). The van der Waals surface area contributed by atoms with E-state index in [1.165, 1.54) is 24.8 Å². The molecule has 1 N–H and O–H groups in total. The van der Waals surface area contributed by atoms with Crippen molar-refractivity contribution in [2.75, 3.05) is 6.61 Å². The van der Waals surface area contributed by atoms with Crippen LogP contribution in [0.4, 0.5) is 0 Å². The van der Waals surface area contributed by atoms with Crippen LogP contribution in [0.3, 0.4) is 0 Å². The molecule has 3 unspecified atom stereocenters. The standard InChI is InChI=1S/C20H29NO3/c1-14(2)13-24-17-9-7-15(8-10-17)12-21-18-6-4-3-5-16(18)11-19(21)20(22)23/h7-10,14,16,18-19H,3-6,11-13H2,1-2H3,(H,22,23). The van der Waals surface area contributed by atoms with Crippen LogP contribution in [0.2, 0.25) is 0 Å². The maximum absolute atomic E-state index is 11.7. The molecule has 1 aromatic rings. The highest BCUT2D eigenvalue weighted by molar-refractivity contribution is 5.74. The average Bonchev–Trinajstić information content (AvgIpc) is 2.93. The summed E-state index contributed by atoms with van der Waals surface area (Å²) in [5.41, 5.74) is 1.17. The van der Waals surface area contributed by atoms with Gasteiger partial charge in [-0.05, 0) is 48.8 Å². The Morgan fingerprint density at radius 1 is 1.25 bits per heavy atom. The van der Waals surface area contributed by atoms with Crippen LogP contribution in [0.1, 0.15) is 51.5 Å². The minimum Gasteiger partial charge on any atom is -0.493 e. The highest BCUT2D eigenvalue weighted by Crippen LogP contribution is 2.40. The zero-order valence-corrected chi connectivity index (χ0v) is 14.8. The first kappa shape index (κ1) is 17.3. The van der Waals surface area contributed by atoms with Gasteiger partial charge in [0.2, 0.25) is 0 Å². The number of carboxylic acids is 1. The number of hydrogen-bond acceptors (Lipinski definition) is 3. The van der Waals surface area contributed by atoms with Crippen molar-refractivity contribution in [3.05, 3.63) is 29.8 Å². The molecule has 0 radical (unpaired) electrons. The molecular formula is C20H29NO3. The number of aliphatic carboxylic acids is 1.